The molecule has 0 aliphatic heterocycles. The largest absolute Gasteiger partial charge is 0.480 e. The van der Waals surface area contributed by atoms with Crippen LogP contribution in [0.25, 0.3) is 0 Å². The Bertz CT molecular complexity index is 208. The summed E-state index contributed by atoms with van der Waals surface area (Å²) < 4.78 is 0. The number of carboxylic acid groups (broad SMARTS) is 1. The summed E-state index contributed by atoms with van der Waals surface area (Å²) in [6.45, 7) is 1.54. The smallest absolute Gasteiger partial charge is 0.328 e. The van der Waals surface area contributed by atoms with E-state index in [9.17, 15) is 9.59 Å². The van der Waals surface area contributed by atoms with Crippen LogP contribution < -0.4 is 11.1 Å². The van der Waals surface area contributed by atoms with E-state index in [4.69, 9.17) is 15.9 Å². The number of aliphatic hydroxyl groups is 1. The second kappa shape index (κ2) is 6.33. The highest BCUT2D eigenvalue weighted by Gasteiger charge is 2.19. The first-order valence-electron chi connectivity index (χ1n) is 4.34. The van der Waals surface area contributed by atoms with E-state index >= 15 is 0 Å². The minimum Gasteiger partial charge on any atom is -0.480 e. The van der Waals surface area contributed by atoms with Crippen molar-refractivity contribution in [1.82, 2.24) is 5.32 Å². The lowest BCUT2D eigenvalue weighted by molar-refractivity contribution is -0.143. The van der Waals surface area contributed by atoms with E-state index in [1.165, 1.54) is 0 Å². The van der Waals surface area contributed by atoms with Gasteiger partial charge in [0.25, 0.3) is 0 Å². The molecule has 0 aromatic heterocycles. The van der Waals surface area contributed by atoms with E-state index in [0.717, 1.165) is 0 Å². The Labute approximate surface area is 82.1 Å². The lowest BCUT2D eigenvalue weighted by Gasteiger charge is -2.13. The molecule has 0 aromatic carbocycles. The van der Waals surface area contributed by atoms with Gasteiger partial charge in [0.1, 0.15) is 6.04 Å². The summed E-state index contributed by atoms with van der Waals surface area (Å²) in [5, 5.41) is 19.3. The van der Waals surface area contributed by atoms with Crippen molar-refractivity contribution in [3.05, 3.63) is 0 Å². The van der Waals surface area contributed by atoms with E-state index in [2.05, 4.69) is 5.32 Å². The van der Waals surface area contributed by atoms with Gasteiger partial charge in [-0.3, -0.25) is 4.79 Å². The van der Waals surface area contributed by atoms with Crippen molar-refractivity contribution in [3.8, 4) is 0 Å². The topological polar surface area (TPSA) is 113 Å². The summed E-state index contributed by atoms with van der Waals surface area (Å²) in [6.07, 6.45) is 0.167. The third kappa shape index (κ3) is 4.78. The molecule has 0 aromatic rings. The van der Waals surface area contributed by atoms with Crippen molar-refractivity contribution in [2.45, 2.75) is 19.4 Å². The summed E-state index contributed by atoms with van der Waals surface area (Å²) in [6, 6.07) is -1.23. The molecule has 14 heavy (non-hydrogen) atoms. The molecule has 1 unspecified atom stereocenters. The van der Waals surface area contributed by atoms with Crippen molar-refractivity contribution in [3.63, 3.8) is 0 Å². The fraction of sp³-hybridized carbons (Fsp3) is 0.750. The summed E-state index contributed by atoms with van der Waals surface area (Å²) in [5.74, 6) is -1.66. The van der Waals surface area contributed by atoms with E-state index in [1.54, 1.807) is 6.92 Å². The van der Waals surface area contributed by atoms with Crippen LogP contribution in [0.4, 0.5) is 0 Å². The maximum Gasteiger partial charge on any atom is 0.328 e. The SMILES string of the molecule is CC(CN)CC(=O)N[C@H](CO)C(=O)O. The number of aliphatic hydroxyl groups excluding tert-OH is 1. The van der Waals surface area contributed by atoms with Crippen LogP contribution >= 0.6 is 0 Å². The van der Waals surface area contributed by atoms with Crippen LogP contribution in [-0.2, 0) is 9.59 Å². The number of rotatable bonds is 6. The first-order chi connectivity index (χ1) is 6.51. The zero-order chi connectivity index (χ0) is 11.1. The number of nitrogens with one attached hydrogen (secondary N) is 1. The average Bonchev–Trinajstić information content (AvgIpc) is 2.13. The van der Waals surface area contributed by atoms with Gasteiger partial charge in [0, 0.05) is 6.42 Å². The molecule has 0 aliphatic carbocycles. The Balaban J connectivity index is 3.97. The maximum absolute atomic E-state index is 11.1. The Morgan fingerprint density at radius 1 is 1.50 bits per heavy atom. The van der Waals surface area contributed by atoms with Crippen LogP contribution in [0.1, 0.15) is 13.3 Å². The molecule has 6 heteroatoms. The van der Waals surface area contributed by atoms with Gasteiger partial charge in [-0.15, -0.1) is 0 Å². The predicted molar refractivity (Wildman–Crippen MR) is 49.5 cm³/mol. The number of carbonyl (C=O) groups excluding carboxylic acids is 1. The van der Waals surface area contributed by atoms with Crippen molar-refractivity contribution in [1.29, 1.82) is 0 Å². The highest BCUT2D eigenvalue weighted by molar-refractivity contribution is 5.83. The molecule has 6 nitrogen and oxygen atoms in total. The number of hydrogen-bond acceptors (Lipinski definition) is 4. The van der Waals surface area contributed by atoms with Gasteiger partial charge in [-0.2, -0.15) is 0 Å². The van der Waals surface area contributed by atoms with Gasteiger partial charge in [0.15, 0.2) is 0 Å². The number of aliphatic carboxylic acids is 1. The number of carboxylic acids is 1. The van der Waals surface area contributed by atoms with Crippen LogP contribution in [0.15, 0.2) is 0 Å². The molecule has 82 valence electrons. The first kappa shape index (κ1) is 12.9. The van der Waals surface area contributed by atoms with Gasteiger partial charge < -0.3 is 21.3 Å². The third-order valence-corrected chi connectivity index (χ3v) is 1.75. The molecule has 2 atom stereocenters. The lowest BCUT2D eigenvalue weighted by Crippen LogP contribution is -2.44. The van der Waals surface area contributed by atoms with Crippen LogP contribution in [0.2, 0.25) is 0 Å². The molecule has 0 saturated carbocycles. The first-order valence-corrected chi connectivity index (χ1v) is 4.34. The summed E-state index contributed by atoms with van der Waals surface area (Å²) in [5.41, 5.74) is 5.30. The van der Waals surface area contributed by atoms with Crippen LogP contribution in [0.3, 0.4) is 0 Å². The van der Waals surface area contributed by atoms with Gasteiger partial charge in [0.2, 0.25) is 5.91 Å². The fourth-order valence-electron chi connectivity index (χ4n) is 0.839. The van der Waals surface area contributed by atoms with Crippen LogP contribution in [-0.4, -0.2) is 41.3 Å². The normalized spacial score (nSPS) is 14.5. The van der Waals surface area contributed by atoms with Gasteiger partial charge >= 0.3 is 5.97 Å². The molecule has 0 spiro atoms. The van der Waals surface area contributed by atoms with Crippen LogP contribution in [0.5, 0.6) is 0 Å². The number of hydrogen-bond donors (Lipinski definition) is 4. The molecule has 5 N–H and O–H groups in total. The summed E-state index contributed by atoms with van der Waals surface area (Å²) in [4.78, 5) is 21.6. The molecule has 0 heterocycles. The Kier molecular flexibility index (Phi) is 5.82. The van der Waals surface area contributed by atoms with Crippen molar-refractivity contribution >= 4 is 11.9 Å². The van der Waals surface area contributed by atoms with Gasteiger partial charge in [-0.25, -0.2) is 4.79 Å². The molecule has 0 saturated heterocycles. The van der Waals surface area contributed by atoms with Gasteiger partial charge in [0.05, 0.1) is 6.61 Å². The summed E-state index contributed by atoms with van der Waals surface area (Å²) >= 11 is 0. The van der Waals surface area contributed by atoms with E-state index in [-0.39, 0.29) is 12.3 Å². The molecular formula is C8H16N2O4. The summed E-state index contributed by atoms with van der Waals surface area (Å²) in [7, 11) is 0. The molecule has 0 radical (unpaired) electrons. The zero-order valence-corrected chi connectivity index (χ0v) is 8.06. The highest BCUT2D eigenvalue weighted by Crippen LogP contribution is 1.98. The minimum absolute atomic E-state index is 0.00291. The zero-order valence-electron chi connectivity index (χ0n) is 8.06. The Morgan fingerprint density at radius 2 is 2.07 bits per heavy atom. The number of amides is 1. The molecular weight excluding hydrogens is 188 g/mol. The lowest BCUT2D eigenvalue weighted by atomic mass is 10.1. The molecule has 1 amide bonds. The second-order valence-electron chi connectivity index (χ2n) is 3.19. The van der Waals surface area contributed by atoms with Crippen molar-refractivity contribution < 1.29 is 19.8 Å². The molecule has 0 aliphatic rings. The van der Waals surface area contributed by atoms with E-state index < -0.39 is 24.5 Å². The predicted octanol–water partition coefficient (Wildman–Crippen LogP) is -1.47. The second-order valence-corrected chi connectivity index (χ2v) is 3.19. The van der Waals surface area contributed by atoms with E-state index in [0.29, 0.717) is 6.54 Å². The van der Waals surface area contributed by atoms with E-state index in [1.807, 2.05) is 0 Å². The monoisotopic (exact) mass is 204 g/mol. The quantitative estimate of drug-likeness (QED) is 0.422. The molecule has 0 fully saturated rings. The van der Waals surface area contributed by atoms with Crippen LogP contribution in [0, 0.1) is 5.92 Å². The van der Waals surface area contributed by atoms with Crippen molar-refractivity contribution in [2.75, 3.05) is 13.2 Å². The van der Waals surface area contributed by atoms with Crippen molar-refractivity contribution in [2.24, 2.45) is 11.7 Å². The molecule has 0 rings (SSSR count). The van der Waals surface area contributed by atoms with Gasteiger partial charge in [-0.1, -0.05) is 6.92 Å². The maximum atomic E-state index is 11.1. The Hall–Kier alpha value is -1.14. The number of nitrogens with two attached hydrogens (primary N) is 1. The highest BCUT2D eigenvalue weighted by atomic mass is 16.4. The average molecular weight is 204 g/mol. The van der Waals surface area contributed by atoms with Gasteiger partial charge in [-0.05, 0) is 12.5 Å². The Morgan fingerprint density at radius 3 is 2.43 bits per heavy atom. The molecule has 0 bridgehead atoms. The minimum atomic E-state index is -1.25. The fourth-order valence-corrected chi connectivity index (χ4v) is 0.839. The number of carbonyl (C=O) groups is 2. The standard InChI is InChI=1S/C8H16N2O4/c1-5(3-9)2-7(12)10-6(4-11)8(13)14/h5-6,11H,2-4,9H2,1H3,(H,10,12)(H,13,14)/t5?,6-/m1/s1. The third-order valence-electron chi connectivity index (χ3n) is 1.75.